The Morgan fingerprint density at radius 3 is 2.70 bits per heavy atom. The molecule has 0 amide bonds. The van der Waals surface area contributed by atoms with Gasteiger partial charge in [0.2, 0.25) is 0 Å². The fraction of sp³-hybridized carbons (Fsp3) is 0.385. The summed E-state index contributed by atoms with van der Waals surface area (Å²) in [5, 5.41) is 9.09. The molecule has 0 spiro atoms. The maximum Gasteiger partial charge on any atom is 0.299 e. The summed E-state index contributed by atoms with van der Waals surface area (Å²) in [7, 11) is -3.68. The molecule has 0 aliphatic rings. The van der Waals surface area contributed by atoms with Crippen LogP contribution in [0.3, 0.4) is 0 Å². The van der Waals surface area contributed by atoms with Crippen molar-refractivity contribution in [3.05, 3.63) is 28.8 Å². The lowest BCUT2D eigenvalue weighted by atomic mass is 10.2. The van der Waals surface area contributed by atoms with Gasteiger partial charge < -0.3 is 5.11 Å². The second kappa shape index (κ2) is 7.50. The van der Waals surface area contributed by atoms with Gasteiger partial charge in [-0.1, -0.05) is 37.3 Å². The van der Waals surface area contributed by atoms with Crippen molar-refractivity contribution in [3.8, 4) is 11.8 Å². The first-order valence-electron chi connectivity index (χ1n) is 6.00. The average molecular weight is 317 g/mol. The Balaban J connectivity index is 2.98. The Kier molecular flexibility index (Phi) is 6.30. The summed E-state index contributed by atoms with van der Waals surface area (Å²) < 4.78 is 28.6. The number of nitrogens with one attached hydrogen (secondary N) is 2. The van der Waals surface area contributed by atoms with E-state index in [0.717, 1.165) is 0 Å². The van der Waals surface area contributed by atoms with Crippen LogP contribution in [-0.4, -0.2) is 26.7 Å². The predicted molar refractivity (Wildman–Crippen MR) is 80.8 cm³/mol. The maximum atomic E-state index is 11.9. The zero-order valence-corrected chi connectivity index (χ0v) is 12.8. The molecule has 0 saturated carbocycles. The second-order valence-electron chi connectivity index (χ2n) is 4.50. The molecule has 0 aromatic heterocycles. The molecule has 0 bridgehead atoms. The highest BCUT2D eigenvalue weighted by Crippen LogP contribution is 2.21. The van der Waals surface area contributed by atoms with E-state index in [1.807, 2.05) is 13.8 Å². The van der Waals surface area contributed by atoms with E-state index in [4.69, 9.17) is 16.7 Å². The van der Waals surface area contributed by atoms with Crippen molar-refractivity contribution in [1.82, 2.24) is 4.72 Å². The number of aliphatic hydroxyl groups is 1. The van der Waals surface area contributed by atoms with Crippen LogP contribution in [0.4, 0.5) is 5.69 Å². The summed E-state index contributed by atoms with van der Waals surface area (Å²) >= 11 is 5.85. The van der Waals surface area contributed by atoms with Gasteiger partial charge in [0.05, 0.1) is 5.69 Å². The van der Waals surface area contributed by atoms with Crippen LogP contribution in [0.15, 0.2) is 18.2 Å². The fourth-order valence-electron chi connectivity index (χ4n) is 1.30. The van der Waals surface area contributed by atoms with Gasteiger partial charge in [-0.05, 0) is 24.1 Å². The van der Waals surface area contributed by atoms with Gasteiger partial charge >= 0.3 is 0 Å². The molecule has 5 nitrogen and oxygen atoms in total. The van der Waals surface area contributed by atoms with Gasteiger partial charge in [-0.15, -0.1) is 0 Å². The molecular formula is C13H17ClN2O3S. The molecule has 110 valence electrons. The van der Waals surface area contributed by atoms with Crippen molar-refractivity contribution in [3.63, 3.8) is 0 Å². The molecule has 1 aromatic rings. The number of halogens is 1. The first kappa shape index (κ1) is 16.8. The Bertz CT molecular complexity index is 618. The average Bonchev–Trinajstić information content (AvgIpc) is 2.35. The standard InChI is InChI=1S/C13H17ClN2O3S/c1-10(2)9-15-20(18,19)16-13-8-12(14)6-5-11(13)4-3-7-17/h5-6,8,10,15-17H,7,9H2,1-2H3. The largest absolute Gasteiger partial charge is 0.384 e. The number of benzene rings is 1. The monoisotopic (exact) mass is 316 g/mol. The summed E-state index contributed by atoms with van der Waals surface area (Å²) in [5.74, 6) is 5.33. The zero-order valence-electron chi connectivity index (χ0n) is 11.3. The van der Waals surface area contributed by atoms with E-state index in [2.05, 4.69) is 21.3 Å². The van der Waals surface area contributed by atoms with E-state index in [1.54, 1.807) is 12.1 Å². The smallest absolute Gasteiger partial charge is 0.299 e. The van der Waals surface area contributed by atoms with E-state index in [9.17, 15) is 8.42 Å². The highest BCUT2D eigenvalue weighted by atomic mass is 35.5. The molecule has 0 saturated heterocycles. The van der Waals surface area contributed by atoms with E-state index >= 15 is 0 Å². The van der Waals surface area contributed by atoms with Gasteiger partial charge in [0.1, 0.15) is 6.61 Å². The Morgan fingerprint density at radius 1 is 1.40 bits per heavy atom. The molecule has 3 N–H and O–H groups in total. The van der Waals surface area contributed by atoms with Crippen molar-refractivity contribution >= 4 is 27.5 Å². The van der Waals surface area contributed by atoms with E-state index in [1.165, 1.54) is 6.07 Å². The van der Waals surface area contributed by atoms with Gasteiger partial charge in [-0.2, -0.15) is 13.1 Å². The molecular weight excluding hydrogens is 300 g/mol. The van der Waals surface area contributed by atoms with Gasteiger partial charge in [0.25, 0.3) is 10.2 Å². The molecule has 0 heterocycles. The van der Waals surface area contributed by atoms with Crippen LogP contribution in [0, 0.1) is 17.8 Å². The SMILES string of the molecule is CC(C)CNS(=O)(=O)Nc1cc(Cl)ccc1C#CCO. The highest BCUT2D eigenvalue weighted by Gasteiger charge is 2.12. The van der Waals surface area contributed by atoms with Crippen molar-refractivity contribution < 1.29 is 13.5 Å². The zero-order chi connectivity index (χ0) is 15.2. The lowest BCUT2D eigenvalue weighted by Crippen LogP contribution is -2.33. The van der Waals surface area contributed by atoms with E-state index in [-0.39, 0.29) is 18.2 Å². The Morgan fingerprint density at radius 2 is 2.10 bits per heavy atom. The predicted octanol–water partition coefficient (Wildman–Crippen LogP) is 1.59. The third kappa shape index (κ3) is 5.80. The van der Waals surface area contributed by atoms with Crippen LogP contribution in [0.5, 0.6) is 0 Å². The van der Waals surface area contributed by atoms with Gasteiger partial charge in [-0.25, -0.2) is 0 Å². The molecule has 0 aliphatic carbocycles. The summed E-state index contributed by atoms with van der Waals surface area (Å²) in [6.45, 7) is 3.83. The van der Waals surface area contributed by atoms with Crippen molar-refractivity contribution in [2.45, 2.75) is 13.8 Å². The number of hydrogen-bond acceptors (Lipinski definition) is 3. The lowest BCUT2D eigenvalue weighted by Gasteiger charge is -2.12. The number of anilines is 1. The molecule has 0 aliphatic heterocycles. The van der Waals surface area contributed by atoms with Gasteiger partial charge in [0, 0.05) is 17.1 Å². The van der Waals surface area contributed by atoms with Crippen molar-refractivity contribution in [1.29, 1.82) is 0 Å². The molecule has 0 unspecified atom stereocenters. The van der Waals surface area contributed by atoms with Crippen LogP contribution in [0.2, 0.25) is 5.02 Å². The summed E-state index contributed by atoms with van der Waals surface area (Å²) in [5.41, 5.74) is 0.716. The van der Waals surface area contributed by atoms with Gasteiger partial charge in [-0.3, -0.25) is 4.72 Å². The van der Waals surface area contributed by atoms with Crippen LogP contribution in [0.1, 0.15) is 19.4 Å². The van der Waals surface area contributed by atoms with Gasteiger partial charge in [0.15, 0.2) is 0 Å². The fourth-order valence-corrected chi connectivity index (χ4v) is 2.56. The molecule has 1 rings (SSSR count). The summed E-state index contributed by atoms with van der Waals surface area (Å²) in [6.07, 6.45) is 0. The quantitative estimate of drug-likeness (QED) is 0.722. The highest BCUT2D eigenvalue weighted by molar-refractivity contribution is 7.90. The summed E-state index contributed by atoms with van der Waals surface area (Å²) in [4.78, 5) is 0. The molecule has 20 heavy (non-hydrogen) atoms. The van der Waals surface area contributed by atoms with E-state index < -0.39 is 10.2 Å². The number of hydrogen-bond donors (Lipinski definition) is 3. The van der Waals surface area contributed by atoms with Crippen LogP contribution in [-0.2, 0) is 10.2 Å². The normalized spacial score (nSPS) is 11.1. The van der Waals surface area contributed by atoms with Crippen molar-refractivity contribution in [2.75, 3.05) is 17.9 Å². The first-order valence-corrected chi connectivity index (χ1v) is 7.87. The molecule has 0 atom stereocenters. The summed E-state index contributed by atoms with van der Waals surface area (Å²) in [6, 6.07) is 4.66. The maximum absolute atomic E-state index is 11.9. The molecule has 0 radical (unpaired) electrons. The molecule has 1 aromatic carbocycles. The van der Waals surface area contributed by atoms with Crippen LogP contribution >= 0.6 is 11.6 Å². The minimum absolute atomic E-state index is 0.194. The third-order valence-electron chi connectivity index (χ3n) is 2.21. The van der Waals surface area contributed by atoms with Crippen molar-refractivity contribution in [2.24, 2.45) is 5.92 Å². The topological polar surface area (TPSA) is 78.4 Å². The third-order valence-corrected chi connectivity index (χ3v) is 3.48. The minimum atomic E-state index is -3.68. The second-order valence-corrected chi connectivity index (χ2v) is 6.43. The minimum Gasteiger partial charge on any atom is -0.384 e. The first-order chi connectivity index (χ1) is 9.34. The Labute approximate surface area is 124 Å². The van der Waals surface area contributed by atoms with Crippen LogP contribution < -0.4 is 9.44 Å². The molecule has 0 fully saturated rings. The number of aliphatic hydroxyl groups excluding tert-OH is 1. The Hall–Kier alpha value is -1.26. The van der Waals surface area contributed by atoms with E-state index in [0.29, 0.717) is 17.1 Å². The lowest BCUT2D eigenvalue weighted by molar-refractivity contribution is 0.350. The van der Waals surface area contributed by atoms with Crippen LogP contribution in [0.25, 0.3) is 0 Å². The molecule has 7 heteroatoms. The number of rotatable bonds is 5.